The molecule has 1 aliphatic rings. The summed E-state index contributed by atoms with van der Waals surface area (Å²) in [7, 11) is 0.0116. The number of allylic oxidation sites excluding steroid dienone is 1. The Morgan fingerprint density at radius 3 is 2.53 bits per heavy atom. The van der Waals surface area contributed by atoms with E-state index in [1.807, 2.05) is 6.08 Å². The van der Waals surface area contributed by atoms with Gasteiger partial charge in [-0.15, -0.1) is 6.58 Å². The Morgan fingerprint density at radius 2 is 2.00 bits per heavy atom. The number of hydrogen-bond donors (Lipinski definition) is 0. The lowest BCUT2D eigenvalue weighted by atomic mass is 10.0. The third-order valence-electron chi connectivity index (χ3n) is 3.05. The van der Waals surface area contributed by atoms with Gasteiger partial charge in [0, 0.05) is 7.11 Å². The zero-order valence-corrected chi connectivity index (χ0v) is 12.3. The molecule has 0 saturated heterocycles. The van der Waals surface area contributed by atoms with Gasteiger partial charge in [0.25, 0.3) is 0 Å². The van der Waals surface area contributed by atoms with Gasteiger partial charge in [0.2, 0.25) is 0 Å². The van der Waals surface area contributed by atoms with Gasteiger partial charge in [-0.05, 0) is 44.8 Å². The number of methoxy groups -OCH3 is 1. The molecule has 0 bridgehead atoms. The Hall–Kier alpha value is -0.563. The molecule has 1 rings (SSSR count). The van der Waals surface area contributed by atoms with Crippen molar-refractivity contribution in [3.05, 3.63) is 12.7 Å². The molecule has 0 aromatic rings. The maximum Gasteiger partial charge on any atom is 0.192 e. The van der Waals surface area contributed by atoms with Gasteiger partial charge in [-0.3, -0.25) is 0 Å². The molecule has 0 unspecified atom stereocenters. The summed E-state index contributed by atoms with van der Waals surface area (Å²) >= 11 is 0. The van der Waals surface area contributed by atoms with Crippen LogP contribution in [0.5, 0.6) is 0 Å². The summed E-state index contributed by atoms with van der Waals surface area (Å²) in [4.78, 5) is 0. The Kier molecular flexibility index (Phi) is 5.45. The van der Waals surface area contributed by atoms with Gasteiger partial charge in [-0.1, -0.05) is 17.9 Å². The molecule has 96 valence electrons. The predicted molar refractivity (Wildman–Crippen MR) is 74.4 cm³/mol. The molecule has 0 aromatic carbocycles. The standard InChI is InChI=1S/C14H24O2Si/c1-5-13-17(3,4)16-14(9-6-7-10-14)11-8-12-15-2/h5H,1,6-7,9-10,12-13H2,2-4H3. The van der Waals surface area contributed by atoms with Crippen molar-refractivity contribution >= 4 is 8.32 Å². The first-order chi connectivity index (χ1) is 8.04. The summed E-state index contributed by atoms with van der Waals surface area (Å²) in [6, 6.07) is 0.987. The van der Waals surface area contributed by atoms with E-state index in [0.717, 1.165) is 18.9 Å². The average Bonchev–Trinajstić information content (AvgIpc) is 2.66. The lowest BCUT2D eigenvalue weighted by Gasteiger charge is -2.33. The monoisotopic (exact) mass is 252 g/mol. The smallest absolute Gasteiger partial charge is 0.192 e. The van der Waals surface area contributed by atoms with E-state index in [4.69, 9.17) is 9.16 Å². The SMILES string of the molecule is C=CC[Si](C)(C)OC1(C#CCOC)CCCC1. The van der Waals surface area contributed by atoms with Crippen LogP contribution in [0.4, 0.5) is 0 Å². The van der Waals surface area contributed by atoms with E-state index < -0.39 is 8.32 Å². The van der Waals surface area contributed by atoms with Crippen molar-refractivity contribution in [1.29, 1.82) is 0 Å². The van der Waals surface area contributed by atoms with E-state index in [0.29, 0.717) is 6.61 Å². The fourth-order valence-electron chi connectivity index (χ4n) is 2.39. The van der Waals surface area contributed by atoms with Gasteiger partial charge >= 0.3 is 0 Å². The molecule has 0 aromatic heterocycles. The second-order valence-corrected chi connectivity index (χ2v) is 9.42. The van der Waals surface area contributed by atoms with Gasteiger partial charge < -0.3 is 9.16 Å². The van der Waals surface area contributed by atoms with Gasteiger partial charge in [0.15, 0.2) is 8.32 Å². The fraction of sp³-hybridized carbons (Fsp3) is 0.714. The van der Waals surface area contributed by atoms with E-state index >= 15 is 0 Å². The van der Waals surface area contributed by atoms with Crippen molar-refractivity contribution < 1.29 is 9.16 Å². The first-order valence-corrected chi connectivity index (χ1v) is 9.45. The number of ether oxygens (including phenoxy) is 1. The molecule has 0 radical (unpaired) electrons. The zero-order chi connectivity index (χ0) is 12.8. The fourth-order valence-corrected chi connectivity index (χ4v) is 4.48. The molecule has 0 N–H and O–H groups in total. The second kappa shape index (κ2) is 6.39. The summed E-state index contributed by atoms with van der Waals surface area (Å²) in [6.07, 6.45) is 6.55. The largest absolute Gasteiger partial charge is 0.401 e. The highest BCUT2D eigenvalue weighted by Gasteiger charge is 2.38. The van der Waals surface area contributed by atoms with E-state index in [-0.39, 0.29) is 5.60 Å². The second-order valence-electron chi connectivity index (χ2n) is 5.29. The Balaban J connectivity index is 2.72. The minimum atomic E-state index is -1.66. The van der Waals surface area contributed by atoms with Crippen LogP contribution in [0.2, 0.25) is 19.1 Å². The maximum absolute atomic E-state index is 6.41. The van der Waals surface area contributed by atoms with Gasteiger partial charge in [-0.2, -0.15) is 0 Å². The average molecular weight is 252 g/mol. The third kappa shape index (κ3) is 4.67. The lowest BCUT2D eigenvalue weighted by Crippen LogP contribution is -2.41. The van der Waals surface area contributed by atoms with Crippen LogP contribution >= 0.6 is 0 Å². The summed E-state index contributed by atoms with van der Waals surface area (Å²) in [5.74, 6) is 6.40. The van der Waals surface area contributed by atoms with Crippen LogP contribution in [0.3, 0.4) is 0 Å². The van der Waals surface area contributed by atoms with E-state index in [1.165, 1.54) is 12.8 Å². The van der Waals surface area contributed by atoms with Crippen LogP contribution in [0, 0.1) is 11.8 Å². The van der Waals surface area contributed by atoms with Gasteiger partial charge in [-0.25, -0.2) is 0 Å². The Morgan fingerprint density at radius 1 is 1.35 bits per heavy atom. The van der Waals surface area contributed by atoms with Crippen LogP contribution in [0.1, 0.15) is 25.7 Å². The highest BCUT2D eigenvalue weighted by molar-refractivity contribution is 6.71. The third-order valence-corrected chi connectivity index (χ3v) is 5.27. The lowest BCUT2D eigenvalue weighted by molar-refractivity contribution is 0.128. The molecular formula is C14H24O2Si. The summed E-state index contributed by atoms with van der Waals surface area (Å²) < 4.78 is 11.4. The normalized spacial score (nSPS) is 18.5. The first-order valence-electron chi connectivity index (χ1n) is 6.34. The number of hydrogen-bond acceptors (Lipinski definition) is 2. The van der Waals surface area contributed by atoms with Crippen LogP contribution in [-0.2, 0) is 9.16 Å². The van der Waals surface area contributed by atoms with Crippen molar-refractivity contribution in [2.45, 2.75) is 50.4 Å². The molecule has 0 aliphatic heterocycles. The molecule has 0 spiro atoms. The van der Waals surface area contributed by atoms with Crippen LogP contribution in [-0.4, -0.2) is 27.6 Å². The highest BCUT2D eigenvalue weighted by atomic mass is 28.4. The molecule has 0 heterocycles. The maximum atomic E-state index is 6.41. The van der Waals surface area contributed by atoms with Crippen molar-refractivity contribution in [3.8, 4) is 11.8 Å². The highest BCUT2D eigenvalue weighted by Crippen LogP contribution is 2.36. The van der Waals surface area contributed by atoms with Crippen molar-refractivity contribution in [2.75, 3.05) is 13.7 Å². The minimum absolute atomic E-state index is 0.197. The summed E-state index contributed by atoms with van der Waals surface area (Å²) in [6.45, 7) is 8.80. The van der Waals surface area contributed by atoms with Crippen molar-refractivity contribution in [2.24, 2.45) is 0 Å². The molecule has 3 heteroatoms. The quantitative estimate of drug-likeness (QED) is 0.424. The molecule has 1 aliphatic carbocycles. The minimum Gasteiger partial charge on any atom is -0.401 e. The molecule has 0 atom stereocenters. The predicted octanol–water partition coefficient (Wildman–Crippen LogP) is 3.36. The van der Waals surface area contributed by atoms with Crippen molar-refractivity contribution in [1.82, 2.24) is 0 Å². The molecule has 2 nitrogen and oxygen atoms in total. The topological polar surface area (TPSA) is 18.5 Å². The molecule has 0 amide bonds. The van der Waals surface area contributed by atoms with E-state index in [1.54, 1.807) is 7.11 Å². The molecule has 1 fully saturated rings. The molecule has 1 saturated carbocycles. The van der Waals surface area contributed by atoms with E-state index in [9.17, 15) is 0 Å². The Bertz CT molecular complexity index is 306. The van der Waals surface area contributed by atoms with Crippen LogP contribution < -0.4 is 0 Å². The summed E-state index contributed by atoms with van der Waals surface area (Å²) in [5, 5.41) is 0. The number of rotatable bonds is 5. The van der Waals surface area contributed by atoms with Crippen LogP contribution in [0.15, 0.2) is 12.7 Å². The van der Waals surface area contributed by atoms with Gasteiger partial charge in [0.1, 0.15) is 12.2 Å². The van der Waals surface area contributed by atoms with Crippen molar-refractivity contribution in [3.63, 3.8) is 0 Å². The van der Waals surface area contributed by atoms with E-state index in [2.05, 4.69) is 31.5 Å². The van der Waals surface area contributed by atoms with Crippen LogP contribution in [0.25, 0.3) is 0 Å². The Labute approximate surface area is 107 Å². The zero-order valence-electron chi connectivity index (χ0n) is 11.3. The molecule has 17 heavy (non-hydrogen) atoms. The first kappa shape index (κ1) is 14.5. The van der Waals surface area contributed by atoms with Gasteiger partial charge in [0.05, 0.1) is 0 Å². The molecular weight excluding hydrogens is 228 g/mol. The summed E-state index contributed by atoms with van der Waals surface area (Å²) in [5.41, 5.74) is -0.197.